The van der Waals surface area contributed by atoms with Crippen molar-refractivity contribution in [2.45, 2.75) is 6.92 Å². The number of aliphatic hydroxyl groups excluding tert-OH is 1. The van der Waals surface area contributed by atoms with Gasteiger partial charge in [0.05, 0.1) is 12.2 Å². The zero-order valence-electron chi connectivity index (χ0n) is 9.97. The maximum atomic E-state index is 11.7. The van der Waals surface area contributed by atoms with Crippen LogP contribution in [0, 0.1) is 6.92 Å². The Balaban J connectivity index is 2.47. The third-order valence-electron chi connectivity index (χ3n) is 2.62. The molecule has 1 heterocycles. The highest BCUT2D eigenvalue weighted by Gasteiger charge is 2.14. The van der Waals surface area contributed by atoms with E-state index in [-0.39, 0.29) is 24.5 Å². The van der Waals surface area contributed by atoms with Crippen molar-refractivity contribution in [2.75, 3.05) is 13.2 Å². The van der Waals surface area contributed by atoms with Gasteiger partial charge in [-0.1, -0.05) is 12.1 Å². The molecule has 3 N–H and O–H groups in total. The maximum Gasteiger partial charge on any atom is 0.255 e. The maximum absolute atomic E-state index is 11.7. The van der Waals surface area contributed by atoms with E-state index in [4.69, 9.17) is 5.11 Å². The lowest BCUT2D eigenvalue weighted by molar-refractivity contribution is 0.0942. The van der Waals surface area contributed by atoms with Crippen LogP contribution in [0.25, 0.3) is 10.9 Å². The number of carbonyl (C=O) groups excluding carboxylic acids is 1. The highest BCUT2D eigenvalue weighted by Crippen LogP contribution is 2.27. The lowest BCUT2D eigenvalue weighted by Gasteiger charge is -2.08. The summed E-state index contributed by atoms with van der Waals surface area (Å²) < 4.78 is 0. The molecule has 0 bridgehead atoms. The molecule has 2 rings (SSSR count). The quantitative estimate of drug-likeness (QED) is 0.753. The van der Waals surface area contributed by atoms with E-state index in [0.717, 1.165) is 11.1 Å². The molecule has 0 aliphatic carbocycles. The predicted molar refractivity (Wildman–Crippen MR) is 67.6 cm³/mol. The number of benzene rings is 1. The van der Waals surface area contributed by atoms with Crippen LogP contribution in [0.1, 0.15) is 16.1 Å². The minimum absolute atomic E-state index is 0.133. The summed E-state index contributed by atoms with van der Waals surface area (Å²) in [6.07, 6.45) is 0. The van der Waals surface area contributed by atoms with Crippen molar-refractivity contribution >= 4 is 16.8 Å². The number of rotatable bonds is 3. The van der Waals surface area contributed by atoms with Crippen LogP contribution in [0.5, 0.6) is 5.75 Å². The second-order valence-corrected chi connectivity index (χ2v) is 3.97. The molecular weight excluding hydrogens is 232 g/mol. The summed E-state index contributed by atoms with van der Waals surface area (Å²) >= 11 is 0. The van der Waals surface area contributed by atoms with Gasteiger partial charge >= 0.3 is 0 Å². The van der Waals surface area contributed by atoms with E-state index in [9.17, 15) is 9.90 Å². The van der Waals surface area contributed by atoms with E-state index < -0.39 is 5.91 Å². The topological polar surface area (TPSA) is 82.5 Å². The molecule has 5 heteroatoms. The molecule has 0 aliphatic heterocycles. The summed E-state index contributed by atoms with van der Waals surface area (Å²) in [5, 5.41) is 22.0. The van der Waals surface area contributed by atoms with E-state index in [1.165, 1.54) is 0 Å². The lowest BCUT2D eigenvalue weighted by atomic mass is 10.1. The predicted octanol–water partition coefficient (Wildman–Crippen LogP) is 0.971. The van der Waals surface area contributed by atoms with E-state index in [2.05, 4.69) is 10.3 Å². The molecule has 0 radical (unpaired) electrons. The average molecular weight is 246 g/mol. The summed E-state index contributed by atoms with van der Waals surface area (Å²) in [5.41, 5.74) is 1.34. The first kappa shape index (κ1) is 12.3. The van der Waals surface area contributed by atoms with Gasteiger partial charge in [-0.05, 0) is 19.1 Å². The Bertz CT molecular complexity index is 596. The SMILES string of the molecule is Cc1ccc2ccc(C(=O)NCCO)c(O)c2n1. The smallest absolute Gasteiger partial charge is 0.255 e. The second kappa shape index (κ2) is 5.01. The third-order valence-corrected chi connectivity index (χ3v) is 2.62. The molecule has 2 aromatic rings. The first-order chi connectivity index (χ1) is 8.63. The van der Waals surface area contributed by atoms with Gasteiger partial charge in [0, 0.05) is 17.6 Å². The van der Waals surface area contributed by atoms with Crippen LogP contribution < -0.4 is 5.32 Å². The molecular formula is C13H14N2O3. The molecule has 18 heavy (non-hydrogen) atoms. The molecule has 1 aromatic heterocycles. The molecule has 94 valence electrons. The molecule has 0 saturated heterocycles. The molecule has 0 aliphatic rings. The summed E-state index contributed by atoms with van der Waals surface area (Å²) in [6, 6.07) is 6.96. The number of hydrogen-bond donors (Lipinski definition) is 3. The number of phenolic OH excluding ortho intramolecular Hbond substituents is 1. The van der Waals surface area contributed by atoms with Crippen molar-refractivity contribution in [3.8, 4) is 5.75 Å². The first-order valence-electron chi connectivity index (χ1n) is 5.62. The Hall–Kier alpha value is -2.14. The number of aromatic hydroxyl groups is 1. The fourth-order valence-electron chi connectivity index (χ4n) is 1.72. The minimum atomic E-state index is -0.424. The van der Waals surface area contributed by atoms with E-state index in [1.54, 1.807) is 12.1 Å². The number of pyridine rings is 1. The number of phenols is 1. The van der Waals surface area contributed by atoms with Crippen LogP contribution in [0.15, 0.2) is 24.3 Å². The summed E-state index contributed by atoms with van der Waals surface area (Å²) in [7, 11) is 0. The highest BCUT2D eigenvalue weighted by molar-refractivity contribution is 6.02. The van der Waals surface area contributed by atoms with Gasteiger partial charge in [-0.3, -0.25) is 4.79 Å². The van der Waals surface area contributed by atoms with Crippen LogP contribution in [0.2, 0.25) is 0 Å². The van der Waals surface area contributed by atoms with Crippen molar-refractivity contribution in [1.29, 1.82) is 0 Å². The molecule has 1 aromatic carbocycles. The van der Waals surface area contributed by atoms with E-state index in [0.29, 0.717) is 5.52 Å². The second-order valence-electron chi connectivity index (χ2n) is 3.97. The Morgan fingerprint density at radius 1 is 1.33 bits per heavy atom. The third kappa shape index (κ3) is 2.26. The number of aliphatic hydroxyl groups is 1. The number of amides is 1. The highest BCUT2D eigenvalue weighted by atomic mass is 16.3. The van der Waals surface area contributed by atoms with Crippen LogP contribution in [-0.2, 0) is 0 Å². The molecule has 1 amide bonds. The number of fused-ring (bicyclic) bond motifs is 1. The Morgan fingerprint density at radius 3 is 2.78 bits per heavy atom. The van der Waals surface area contributed by atoms with Gasteiger partial charge in [0.15, 0.2) is 5.75 Å². The normalized spacial score (nSPS) is 10.6. The molecule has 0 fully saturated rings. The monoisotopic (exact) mass is 246 g/mol. The zero-order chi connectivity index (χ0) is 13.1. The number of aromatic nitrogens is 1. The van der Waals surface area contributed by atoms with E-state index in [1.807, 2.05) is 19.1 Å². The molecule has 5 nitrogen and oxygen atoms in total. The molecule has 0 atom stereocenters. The minimum Gasteiger partial charge on any atom is -0.505 e. The largest absolute Gasteiger partial charge is 0.505 e. The van der Waals surface area contributed by atoms with Gasteiger partial charge in [0.2, 0.25) is 0 Å². The van der Waals surface area contributed by atoms with Crippen LogP contribution in [0.4, 0.5) is 0 Å². The van der Waals surface area contributed by atoms with Crippen LogP contribution in [0.3, 0.4) is 0 Å². The fraction of sp³-hybridized carbons (Fsp3) is 0.231. The number of nitrogens with one attached hydrogen (secondary N) is 1. The number of carbonyl (C=O) groups is 1. The standard InChI is InChI=1S/C13H14N2O3/c1-8-2-3-9-4-5-10(12(17)11(9)15-8)13(18)14-6-7-16/h2-5,16-17H,6-7H2,1H3,(H,14,18). The van der Waals surface area contributed by atoms with E-state index >= 15 is 0 Å². The molecule has 0 saturated carbocycles. The summed E-state index contributed by atoms with van der Waals surface area (Å²) in [4.78, 5) is 16.0. The van der Waals surface area contributed by atoms with Gasteiger partial charge in [-0.15, -0.1) is 0 Å². The molecule has 0 unspecified atom stereocenters. The Morgan fingerprint density at radius 2 is 2.06 bits per heavy atom. The van der Waals surface area contributed by atoms with Gasteiger partial charge in [-0.2, -0.15) is 0 Å². The number of aryl methyl sites for hydroxylation is 1. The van der Waals surface area contributed by atoms with Crippen molar-refractivity contribution < 1.29 is 15.0 Å². The Kier molecular flexibility index (Phi) is 3.43. The lowest BCUT2D eigenvalue weighted by Crippen LogP contribution is -2.26. The number of nitrogens with zero attached hydrogens (tertiary/aromatic N) is 1. The molecule has 0 spiro atoms. The van der Waals surface area contributed by atoms with Crippen molar-refractivity contribution in [3.05, 3.63) is 35.5 Å². The van der Waals surface area contributed by atoms with Crippen molar-refractivity contribution in [2.24, 2.45) is 0 Å². The number of hydrogen-bond acceptors (Lipinski definition) is 4. The summed E-state index contributed by atoms with van der Waals surface area (Å²) in [6.45, 7) is 1.83. The summed E-state index contributed by atoms with van der Waals surface area (Å²) in [5.74, 6) is -0.557. The van der Waals surface area contributed by atoms with Crippen molar-refractivity contribution in [1.82, 2.24) is 10.3 Å². The van der Waals surface area contributed by atoms with Gasteiger partial charge in [-0.25, -0.2) is 4.98 Å². The average Bonchev–Trinajstić information content (AvgIpc) is 2.37. The van der Waals surface area contributed by atoms with Crippen LogP contribution >= 0.6 is 0 Å². The van der Waals surface area contributed by atoms with Gasteiger partial charge in [0.1, 0.15) is 5.52 Å². The fourth-order valence-corrected chi connectivity index (χ4v) is 1.72. The van der Waals surface area contributed by atoms with Gasteiger partial charge in [0.25, 0.3) is 5.91 Å². The van der Waals surface area contributed by atoms with Crippen molar-refractivity contribution in [3.63, 3.8) is 0 Å². The van der Waals surface area contributed by atoms with Gasteiger partial charge < -0.3 is 15.5 Å². The zero-order valence-corrected chi connectivity index (χ0v) is 9.97. The van der Waals surface area contributed by atoms with Crippen LogP contribution in [-0.4, -0.2) is 34.3 Å². The first-order valence-corrected chi connectivity index (χ1v) is 5.62. The Labute approximate surface area is 104 Å².